The number of halogens is 1. The summed E-state index contributed by atoms with van der Waals surface area (Å²) in [5.41, 5.74) is 4.29. The highest BCUT2D eigenvalue weighted by atomic mass is 19.1. The third-order valence-corrected chi connectivity index (χ3v) is 4.68. The highest BCUT2D eigenvalue weighted by Crippen LogP contribution is 2.23. The summed E-state index contributed by atoms with van der Waals surface area (Å²) >= 11 is 0. The van der Waals surface area contributed by atoms with E-state index in [1.807, 2.05) is 42.8 Å². The summed E-state index contributed by atoms with van der Waals surface area (Å²) in [6, 6.07) is 15.2. The second kappa shape index (κ2) is 7.75. The smallest absolute Gasteiger partial charge is 0.259 e. The number of nitrogens with one attached hydrogen (secondary N) is 1. The van der Waals surface area contributed by atoms with E-state index < -0.39 is 5.82 Å². The minimum absolute atomic E-state index is 0.227. The highest BCUT2D eigenvalue weighted by molar-refractivity contribution is 6.06. The zero-order valence-electron chi connectivity index (χ0n) is 16.1. The standard InChI is InChI=1S/C23H20FN3O2/c1-15-9-10-17(24)12-20(15)26-23(28)19-7-3-4-8-21(19)29-14-18-13-27-11-5-6-16(2)22(27)25-18/h3-13H,14H2,1-2H3,(H,26,28). The Balaban J connectivity index is 1.53. The Morgan fingerprint density at radius 2 is 1.93 bits per heavy atom. The summed E-state index contributed by atoms with van der Waals surface area (Å²) in [5, 5.41) is 2.76. The van der Waals surface area contributed by atoms with E-state index in [9.17, 15) is 9.18 Å². The van der Waals surface area contributed by atoms with Crippen molar-refractivity contribution in [2.75, 3.05) is 5.32 Å². The first-order valence-electron chi connectivity index (χ1n) is 9.24. The number of imidazole rings is 1. The number of rotatable bonds is 5. The molecule has 1 amide bonds. The second-order valence-corrected chi connectivity index (χ2v) is 6.85. The number of aryl methyl sites for hydroxylation is 2. The number of carbonyl (C=O) groups is 1. The van der Waals surface area contributed by atoms with Gasteiger partial charge in [-0.3, -0.25) is 4.79 Å². The predicted octanol–water partition coefficient (Wildman–Crippen LogP) is 4.92. The molecule has 0 saturated carbocycles. The molecular formula is C23H20FN3O2. The number of hydrogen-bond acceptors (Lipinski definition) is 3. The van der Waals surface area contributed by atoms with Gasteiger partial charge in [0.1, 0.15) is 23.8 Å². The van der Waals surface area contributed by atoms with E-state index >= 15 is 0 Å². The van der Waals surface area contributed by atoms with Gasteiger partial charge in [-0.15, -0.1) is 0 Å². The number of aromatic nitrogens is 2. The van der Waals surface area contributed by atoms with Crippen molar-refractivity contribution in [3.63, 3.8) is 0 Å². The maximum atomic E-state index is 13.5. The Bertz CT molecular complexity index is 1200. The molecule has 5 nitrogen and oxygen atoms in total. The first-order chi connectivity index (χ1) is 14.0. The Kier molecular flexibility index (Phi) is 4.99. The predicted molar refractivity (Wildman–Crippen MR) is 110 cm³/mol. The Morgan fingerprint density at radius 1 is 1.10 bits per heavy atom. The van der Waals surface area contributed by atoms with Gasteiger partial charge in [0.15, 0.2) is 0 Å². The molecule has 0 aliphatic rings. The lowest BCUT2D eigenvalue weighted by Crippen LogP contribution is -2.14. The molecule has 0 fully saturated rings. The van der Waals surface area contributed by atoms with Crippen molar-refractivity contribution in [2.45, 2.75) is 20.5 Å². The molecule has 0 saturated heterocycles. The van der Waals surface area contributed by atoms with Crippen molar-refractivity contribution in [1.29, 1.82) is 0 Å². The topological polar surface area (TPSA) is 55.6 Å². The molecule has 146 valence electrons. The first kappa shape index (κ1) is 18.7. The number of fused-ring (bicyclic) bond motifs is 1. The minimum atomic E-state index is -0.405. The van der Waals surface area contributed by atoms with E-state index in [1.165, 1.54) is 12.1 Å². The van der Waals surface area contributed by atoms with Crippen LogP contribution in [0, 0.1) is 19.7 Å². The number of ether oxygens (including phenoxy) is 1. The number of hydrogen-bond donors (Lipinski definition) is 1. The molecule has 29 heavy (non-hydrogen) atoms. The third kappa shape index (κ3) is 3.96. The van der Waals surface area contributed by atoms with Gasteiger partial charge in [0.05, 0.1) is 11.3 Å². The fraction of sp³-hybridized carbons (Fsp3) is 0.130. The van der Waals surface area contributed by atoms with Gasteiger partial charge in [-0.25, -0.2) is 9.37 Å². The van der Waals surface area contributed by atoms with Crippen molar-refractivity contribution in [2.24, 2.45) is 0 Å². The lowest BCUT2D eigenvalue weighted by Gasteiger charge is -2.12. The quantitative estimate of drug-likeness (QED) is 0.527. The second-order valence-electron chi connectivity index (χ2n) is 6.85. The van der Waals surface area contributed by atoms with E-state index in [0.29, 0.717) is 17.0 Å². The third-order valence-electron chi connectivity index (χ3n) is 4.68. The zero-order valence-corrected chi connectivity index (χ0v) is 16.1. The lowest BCUT2D eigenvalue weighted by atomic mass is 10.1. The molecule has 0 unspecified atom stereocenters. The maximum Gasteiger partial charge on any atom is 0.259 e. The van der Waals surface area contributed by atoms with E-state index in [4.69, 9.17) is 4.74 Å². The molecule has 2 aromatic carbocycles. The summed E-state index contributed by atoms with van der Waals surface area (Å²) in [6.07, 6.45) is 3.84. The fourth-order valence-electron chi connectivity index (χ4n) is 3.12. The Morgan fingerprint density at radius 3 is 2.76 bits per heavy atom. The molecule has 0 atom stereocenters. The average Bonchev–Trinajstić information content (AvgIpc) is 3.14. The van der Waals surface area contributed by atoms with Crippen LogP contribution in [0.15, 0.2) is 67.0 Å². The van der Waals surface area contributed by atoms with Crippen LogP contribution in [0.5, 0.6) is 5.75 Å². The molecule has 0 bridgehead atoms. The number of benzene rings is 2. The molecule has 0 aliphatic heterocycles. The minimum Gasteiger partial charge on any atom is -0.486 e. The van der Waals surface area contributed by atoms with Crippen molar-refractivity contribution in [3.05, 3.63) is 95.2 Å². The number of para-hydroxylation sites is 1. The zero-order chi connectivity index (χ0) is 20.4. The summed E-state index contributed by atoms with van der Waals surface area (Å²) in [5.74, 6) is -0.328. The number of amides is 1. The molecule has 2 aromatic heterocycles. The lowest BCUT2D eigenvalue weighted by molar-refractivity contribution is 0.102. The SMILES string of the molecule is Cc1ccc(F)cc1NC(=O)c1ccccc1OCc1cn2cccc(C)c2n1. The molecule has 6 heteroatoms. The van der Waals surface area contributed by atoms with Gasteiger partial charge in [0.25, 0.3) is 5.91 Å². The monoisotopic (exact) mass is 389 g/mol. The summed E-state index contributed by atoms with van der Waals surface area (Å²) in [6.45, 7) is 4.04. The van der Waals surface area contributed by atoms with E-state index in [2.05, 4.69) is 10.3 Å². The molecule has 0 spiro atoms. The Hall–Kier alpha value is -3.67. The van der Waals surface area contributed by atoms with Gasteiger partial charge >= 0.3 is 0 Å². The molecule has 4 rings (SSSR count). The van der Waals surface area contributed by atoms with Crippen molar-refractivity contribution >= 4 is 17.2 Å². The molecule has 1 N–H and O–H groups in total. The van der Waals surface area contributed by atoms with Gasteiger partial charge in [0, 0.05) is 18.1 Å². The van der Waals surface area contributed by atoms with Gasteiger partial charge < -0.3 is 14.5 Å². The van der Waals surface area contributed by atoms with Gasteiger partial charge in [-0.05, 0) is 55.3 Å². The van der Waals surface area contributed by atoms with E-state index in [-0.39, 0.29) is 12.5 Å². The normalized spacial score (nSPS) is 10.9. The van der Waals surface area contributed by atoms with Crippen LogP contribution in [0.2, 0.25) is 0 Å². The van der Waals surface area contributed by atoms with Crippen LogP contribution in [0.25, 0.3) is 5.65 Å². The number of nitrogens with zero attached hydrogens (tertiary/aromatic N) is 2. The van der Waals surface area contributed by atoms with Crippen LogP contribution >= 0.6 is 0 Å². The van der Waals surface area contributed by atoms with Crippen molar-refractivity contribution < 1.29 is 13.9 Å². The Labute approximate surface area is 167 Å². The van der Waals surface area contributed by atoms with Crippen LogP contribution in [-0.4, -0.2) is 15.3 Å². The fourth-order valence-corrected chi connectivity index (χ4v) is 3.12. The van der Waals surface area contributed by atoms with Crippen LogP contribution in [0.4, 0.5) is 10.1 Å². The highest BCUT2D eigenvalue weighted by Gasteiger charge is 2.14. The van der Waals surface area contributed by atoms with Crippen LogP contribution in [0.1, 0.15) is 27.2 Å². The number of carbonyl (C=O) groups excluding carboxylic acids is 1. The van der Waals surface area contributed by atoms with Gasteiger partial charge in [0.2, 0.25) is 0 Å². The summed E-state index contributed by atoms with van der Waals surface area (Å²) < 4.78 is 21.4. The largest absolute Gasteiger partial charge is 0.486 e. The summed E-state index contributed by atoms with van der Waals surface area (Å²) in [7, 11) is 0. The van der Waals surface area contributed by atoms with Crippen LogP contribution in [-0.2, 0) is 6.61 Å². The van der Waals surface area contributed by atoms with E-state index in [0.717, 1.165) is 22.5 Å². The van der Waals surface area contributed by atoms with Crippen molar-refractivity contribution in [1.82, 2.24) is 9.38 Å². The number of anilines is 1. The molecule has 4 aromatic rings. The molecule has 0 aliphatic carbocycles. The molecular weight excluding hydrogens is 369 g/mol. The van der Waals surface area contributed by atoms with E-state index in [1.54, 1.807) is 30.3 Å². The summed E-state index contributed by atoms with van der Waals surface area (Å²) in [4.78, 5) is 17.3. The number of pyridine rings is 1. The van der Waals surface area contributed by atoms with Gasteiger partial charge in [-0.1, -0.05) is 24.3 Å². The van der Waals surface area contributed by atoms with Gasteiger partial charge in [-0.2, -0.15) is 0 Å². The first-order valence-corrected chi connectivity index (χ1v) is 9.24. The van der Waals surface area contributed by atoms with Crippen LogP contribution in [0.3, 0.4) is 0 Å². The molecule has 2 heterocycles. The van der Waals surface area contributed by atoms with Crippen molar-refractivity contribution in [3.8, 4) is 5.75 Å². The maximum absolute atomic E-state index is 13.5. The van der Waals surface area contributed by atoms with Crippen LogP contribution < -0.4 is 10.1 Å². The molecule has 0 radical (unpaired) electrons. The average molecular weight is 389 g/mol.